The molecule has 1 atom stereocenters. The van der Waals surface area contributed by atoms with Gasteiger partial charge in [0.1, 0.15) is 5.75 Å². The molecule has 0 spiro atoms. The smallest absolute Gasteiger partial charge is 0.241 e. The maximum Gasteiger partial charge on any atom is 0.241 e. The summed E-state index contributed by atoms with van der Waals surface area (Å²) in [5.74, 6) is 0.0546. The van der Waals surface area contributed by atoms with E-state index in [1.165, 1.54) is 12.1 Å². The Balaban J connectivity index is 0.00000225. The van der Waals surface area contributed by atoms with Crippen molar-refractivity contribution in [3.63, 3.8) is 0 Å². The van der Waals surface area contributed by atoms with Crippen LogP contribution in [0.15, 0.2) is 24.3 Å². The van der Waals surface area contributed by atoms with Crippen LogP contribution in [0.2, 0.25) is 0 Å². The van der Waals surface area contributed by atoms with Gasteiger partial charge in [-0.3, -0.25) is 4.79 Å². The van der Waals surface area contributed by atoms with Gasteiger partial charge in [0, 0.05) is 5.69 Å². The summed E-state index contributed by atoms with van der Waals surface area (Å²) in [7, 11) is 0. The number of phenolic OH excluding ortho intramolecular Hbond substituents is 1. The number of hydrogen-bond acceptors (Lipinski definition) is 3. The number of carbonyl (C=O) groups is 1. The van der Waals surface area contributed by atoms with Crippen LogP contribution in [0.5, 0.6) is 5.75 Å². The summed E-state index contributed by atoms with van der Waals surface area (Å²) in [5, 5.41) is 11.7. The van der Waals surface area contributed by atoms with Crippen molar-refractivity contribution in [2.75, 3.05) is 5.32 Å². The number of benzene rings is 1. The Morgan fingerprint density at radius 1 is 1.31 bits per heavy atom. The predicted octanol–water partition coefficient (Wildman–Crippen LogP) is 1.74. The van der Waals surface area contributed by atoms with E-state index in [4.69, 9.17) is 10.8 Å². The van der Waals surface area contributed by atoms with Gasteiger partial charge in [0.2, 0.25) is 5.91 Å². The maximum absolute atomic E-state index is 11.5. The molecule has 90 valence electrons. The molecule has 0 saturated carbocycles. The van der Waals surface area contributed by atoms with Crippen LogP contribution < -0.4 is 11.1 Å². The molecule has 0 aliphatic rings. The van der Waals surface area contributed by atoms with Crippen LogP contribution in [-0.2, 0) is 4.79 Å². The monoisotopic (exact) mass is 244 g/mol. The second-order valence-electron chi connectivity index (χ2n) is 3.81. The fourth-order valence-corrected chi connectivity index (χ4v) is 1.07. The van der Waals surface area contributed by atoms with Crippen LogP contribution in [0.3, 0.4) is 0 Å². The van der Waals surface area contributed by atoms with E-state index >= 15 is 0 Å². The average Bonchev–Trinajstić information content (AvgIpc) is 2.20. The van der Waals surface area contributed by atoms with Crippen LogP contribution in [0.1, 0.15) is 13.8 Å². The first kappa shape index (κ1) is 14.7. The topological polar surface area (TPSA) is 75.4 Å². The minimum absolute atomic E-state index is 0. The lowest BCUT2D eigenvalue weighted by Gasteiger charge is -2.15. The number of phenols is 1. The molecule has 1 aromatic carbocycles. The molecule has 4 N–H and O–H groups in total. The zero-order valence-electron chi connectivity index (χ0n) is 9.31. The standard InChI is InChI=1S/C11H16N2O2.ClH/c1-7(2)10(12)11(15)13-8-3-5-9(14)6-4-8;/h3-7,10,14H,12H2,1-2H3,(H,13,15);1H. The van der Waals surface area contributed by atoms with Gasteiger partial charge in [0.05, 0.1) is 6.04 Å². The van der Waals surface area contributed by atoms with Gasteiger partial charge in [-0.2, -0.15) is 0 Å². The molecule has 0 saturated heterocycles. The lowest BCUT2D eigenvalue weighted by Crippen LogP contribution is -2.39. The summed E-state index contributed by atoms with van der Waals surface area (Å²) < 4.78 is 0. The van der Waals surface area contributed by atoms with Crippen LogP contribution in [-0.4, -0.2) is 17.1 Å². The van der Waals surface area contributed by atoms with Gasteiger partial charge in [0.25, 0.3) is 0 Å². The molecule has 0 aliphatic carbocycles. The summed E-state index contributed by atoms with van der Waals surface area (Å²) in [5.41, 5.74) is 6.31. The molecular weight excluding hydrogens is 228 g/mol. The van der Waals surface area contributed by atoms with Crippen molar-refractivity contribution in [1.29, 1.82) is 0 Å². The maximum atomic E-state index is 11.5. The van der Waals surface area contributed by atoms with Crippen LogP contribution in [0.25, 0.3) is 0 Å². The third-order valence-electron chi connectivity index (χ3n) is 2.16. The second-order valence-corrected chi connectivity index (χ2v) is 3.81. The number of nitrogens with two attached hydrogens (primary N) is 1. The van der Waals surface area contributed by atoms with Crippen molar-refractivity contribution in [3.05, 3.63) is 24.3 Å². The van der Waals surface area contributed by atoms with Crippen molar-refractivity contribution in [2.24, 2.45) is 11.7 Å². The Morgan fingerprint density at radius 3 is 2.25 bits per heavy atom. The molecule has 16 heavy (non-hydrogen) atoms. The largest absolute Gasteiger partial charge is 0.508 e. The fourth-order valence-electron chi connectivity index (χ4n) is 1.07. The van der Waals surface area contributed by atoms with E-state index < -0.39 is 6.04 Å². The highest BCUT2D eigenvalue weighted by molar-refractivity contribution is 5.94. The van der Waals surface area contributed by atoms with Gasteiger partial charge in [-0.05, 0) is 30.2 Å². The van der Waals surface area contributed by atoms with Crippen molar-refractivity contribution in [2.45, 2.75) is 19.9 Å². The third kappa shape index (κ3) is 4.08. The van der Waals surface area contributed by atoms with Gasteiger partial charge < -0.3 is 16.2 Å². The van der Waals surface area contributed by atoms with Crippen LogP contribution in [0.4, 0.5) is 5.69 Å². The summed E-state index contributed by atoms with van der Waals surface area (Å²) in [4.78, 5) is 11.5. The molecule has 0 radical (unpaired) electrons. The summed E-state index contributed by atoms with van der Waals surface area (Å²) in [6.07, 6.45) is 0. The fraction of sp³-hybridized carbons (Fsp3) is 0.364. The number of nitrogens with one attached hydrogen (secondary N) is 1. The molecular formula is C11H17ClN2O2. The molecule has 1 aromatic rings. The van der Waals surface area contributed by atoms with E-state index in [-0.39, 0.29) is 30.0 Å². The molecule has 0 aromatic heterocycles. The Labute approximate surface area is 101 Å². The Morgan fingerprint density at radius 2 is 1.81 bits per heavy atom. The van der Waals surface area contributed by atoms with Crippen LogP contribution >= 0.6 is 12.4 Å². The molecule has 1 amide bonds. The van der Waals surface area contributed by atoms with Crippen molar-refractivity contribution < 1.29 is 9.90 Å². The number of amides is 1. The van der Waals surface area contributed by atoms with E-state index in [1.807, 2.05) is 13.8 Å². The summed E-state index contributed by atoms with van der Waals surface area (Å²) >= 11 is 0. The van der Waals surface area contributed by atoms with Gasteiger partial charge in [-0.1, -0.05) is 13.8 Å². The lowest BCUT2D eigenvalue weighted by atomic mass is 10.1. The highest BCUT2D eigenvalue weighted by Gasteiger charge is 2.16. The first-order chi connectivity index (χ1) is 7.00. The molecule has 0 aliphatic heterocycles. The zero-order chi connectivity index (χ0) is 11.4. The predicted molar refractivity (Wildman–Crippen MR) is 66.8 cm³/mol. The summed E-state index contributed by atoms with van der Waals surface area (Å²) in [6.45, 7) is 3.78. The quantitative estimate of drug-likeness (QED) is 0.709. The first-order valence-electron chi connectivity index (χ1n) is 4.86. The molecule has 0 bridgehead atoms. The summed E-state index contributed by atoms with van der Waals surface area (Å²) in [6, 6.07) is 5.76. The van der Waals surface area contributed by atoms with E-state index in [2.05, 4.69) is 5.32 Å². The molecule has 1 unspecified atom stereocenters. The van der Waals surface area contributed by atoms with E-state index in [0.717, 1.165) is 0 Å². The lowest BCUT2D eigenvalue weighted by molar-refractivity contribution is -0.118. The van der Waals surface area contributed by atoms with Crippen molar-refractivity contribution >= 4 is 24.0 Å². The number of carbonyl (C=O) groups excluding carboxylic acids is 1. The van der Waals surface area contributed by atoms with Crippen molar-refractivity contribution in [1.82, 2.24) is 0 Å². The Bertz CT molecular complexity index is 338. The second kappa shape index (κ2) is 6.35. The zero-order valence-corrected chi connectivity index (χ0v) is 10.1. The molecule has 0 heterocycles. The minimum Gasteiger partial charge on any atom is -0.508 e. The van der Waals surface area contributed by atoms with Gasteiger partial charge >= 0.3 is 0 Å². The minimum atomic E-state index is -0.515. The van der Waals surface area contributed by atoms with E-state index in [9.17, 15) is 4.79 Å². The van der Waals surface area contributed by atoms with Gasteiger partial charge in [-0.15, -0.1) is 12.4 Å². The van der Waals surface area contributed by atoms with Crippen molar-refractivity contribution in [3.8, 4) is 5.75 Å². The van der Waals surface area contributed by atoms with Gasteiger partial charge in [-0.25, -0.2) is 0 Å². The Hall–Kier alpha value is -1.26. The SMILES string of the molecule is CC(C)C(N)C(=O)Nc1ccc(O)cc1.Cl. The number of rotatable bonds is 3. The van der Waals surface area contributed by atoms with Crippen LogP contribution in [0, 0.1) is 5.92 Å². The molecule has 0 fully saturated rings. The number of aromatic hydroxyl groups is 1. The molecule has 5 heteroatoms. The molecule has 4 nitrogen and oxygen atoms in total. The highest BCUT2D eigenvalue weighted by Crippen LogP contribution is 2.14. The highest BCUT2D eigenvalue weighted by atomic mass is 35.5. The van der Waals surface area contributed by atoms with E-state index in [0.29, 0.717) is 5.69 Å². The van der Waals surface area contributed by atoms with Gasteiger partial charge in [0.15, 0.2) is 0 Å². The normalized spacial score (nSPS) is 11.8. The van der Waals surface area contributed by atoms with E-state index in [1.54, 1.807) is 12.1 Å². The first-order valence-corrected chi connectivity index (χ1v) is 4.86. The number of hydrogen-bond donors (Lipinski definition) is 3. The average molecular weight is 245 g/mol. The number of halogens is 1. The Kier molecular flexibility index (Phi) is 5.85. The third-order valence-corrected chi connectivity index (χ3v) is 2.16. The number of anilines is 1. The molecule has 1 rings (SSSR count).